The second kappa shape index (κ2) is 8.89. The van der Waals surface area contributed by atoms with E-state index in [0.29, 0.717) is 11.5 Å². The molecule has 0 aliphatic carbocycles. The first-order chi connectivity index (χ1) is 15.4. The zero-order valence-corrected chi connectivity index (χ0v) is 19.0. The number of sulfone groups is 1. The van der Waals surface area contributed by atoms with E-state index in [9.17, 15) is 8.42 Å². The van der Waals surface area contributed by atoms with Gasteiger partial charge >= 0.3 is 0 Å². The summed E-state index contributed by atoms with van der Waals surface area (Å²) in [5.41, 5.74) is 4.07. The number of aryl methyl sites for hydroxylation is 2. The van der Waals surface area contributed by atoms with Crippen LogP contribution in [0.1, 0.15) is 11.1 Å². The Labute approximate surface area is 189 Å². The minimum Gasteiger partial charge on any atom is -0.497 e. The van der Waals surface area contributed by atoms with Gasteiger partial charge in [-0.15, -0.1) is 0 Å². The van der Waals surface area contributed by atoms with Gasteiger partial charge in [0.2, 0.25) is 9.84 Å². The van der Waals surface area contributed by atoms with Crippen molar-refractivity contribution in [3.63, 3.8) is 0 Å². The molecule has 0 amide bonds. The summed E-state index contributed by atoms with van der Waals surface area (Å²) in [6, 6.07) is 27.1. The summed E-state index contributed by atoms with van der Waals surface area (Å²) in [6.45, 7) is 3.96. The molecule has 4 nitrogen and oxygen atoms in total. The van der Waals surface area contributed by atoms with Crippen molar-refractivity contribution in [3.05, 3.63) is 102 Å². The first kappa shape index (κ1) is 21.7. The van der Waals surface area contributed by atoms with Crippen molar-refractivity contribution in [2.24, 2.45) is 0 Å². The van der Waals surface area contributed by atoms with Crippen LogP contribution in [0.4, 0.5) is 0 Å². The molecule has 0 aliphatic rings. The molecule has 0 spiro atoms. The van der Waals surface area contributed by atoms with E-state index < -0.39 is 9.84 Å². The van der Waals surface area contributed by atoms with Crippen molar-refractivity contribution >= 4 is 9.84 Å². The van der Waals surface area contributed by atoms with E-state index in [2.05, 4.69) is 0 Å². The summed E-state index contributed by atoms with van der Waals surface area (Å²) in [7, 11) is -1.95. The van der Waals surface area contributed by atoms with E-state index in [-0.39, 0.29) is 9.79 Å². The van der Waals surface area contributed by atoms with Crippen molar-refractivity contribution in [3.8, 4) is 28.4 Å². The van der Waals surface area contributed by atoms with Gasteiger partial charge in [-0.3, -0.25) is 0 Å². The first-order valence-electron chi connectivity index (χ1n) is 10.2. The van der Waals surface area contributed by atoms with E-state index in [1.807, 2.05) is 56.3 Å². The molecule has 0 bridgehead atoms. The lowest BCUT2D eigenvalue weighted by Crippen LogP contribution is -2.01. The van der Waals surface area contributed by atoms with Gasteiger partial charge in [0.25, 0.3) is 0 Å². The Balaban J connectivity index is 1.64. The van der Waals surface area contributed by atoms with E-state index >= 15 is 0 Å². The molecular formula is C27H24O4S. The van der Waals surface area contributed by atoms with Crippen LogP contribution in [0.15, 0.2) is 101 Å². The van der Waals surface area contributed by atoms with Gasteiger partial charge in [0.15, 0.2) is 0 Å². The maximum atomic E-state index is 12.9. The summed E-state index contributed by atoms with van der Waals surface area (Å²) < 4.78 is 37.3. The molecule has 5 heteroatoms. The molecule has 0 atom stereocenters. The fourth-order valence-electron chi connectivity index (χ4n) is 3.35. The Morgan fingerprint density at radius 1 is 0.625 bits per heavy atom. The van der Waals surface area contributed by atoms with Crippen LogP contribution in [-0.2, 0) is 9.84 Å². The topological polar surface area (TPSA) is 52.6 Å². The van der Waals surface area contributed by atoms with Crippen LogP contribution >= 0.6 is 0 Å². The molecule has 0 fully saturated rings. The highest BCUT2D eigenvalue weighted by Crippen LogP contribution is 2.36. The van der Waals surface area contributed by atoms with Crippen LogP contribution in [0.3, 0.4) is 0 Å². The lowest BCUT2D eigenvalue weighted by Gasteiger charge is -2.14. The van der Waals surface area contributed by atoms with Crippen molar-refractivity contribution < 1.29 is 17.9 Å². The quantitative estimate of drug-likeness (QED) is 0.336. The van der Waals surface area contributed by atoms with Gasteiger partial charge in [-0.25, -0.2) is 8.42 Å². The molecule has 162 valence electrons. The van der Waals surface area contributed by atoms with E-state index in [1.165, 1.54) is 5.56 Å². The minimum absolute atomic E-state index is 0.224. The molecule has 0 N–H and O–H groups in total. The normalized spacial score (nSPS) is 11.2. The third kappa shape index (κ3) is 4.53. The predicted octanol–water partition coefficient (Wildman–Crippen LogP) is 6.60. The monoisotopic (exact) mass is 444 g/mol. The van der Waals surface area contributed by atoms with Crippen molar-refractivity contribution in [2.75, 3.05) is 7.11 Å². The maximum absolute atomic E-state index is 12.9. The van der Waals surface area contributed by atoms with Crippen LogP contribution in [-0.4, -0.2) is 15.5 Å². The lowest BCUT2D eigenvalue weighted by molar-refractivity contribution is 0.413. The van der Waals surface area contributed by atoms with Gasteiger partial charge in [0, 0.05) is 5.56 Å². The largest absolute Gasteiger partial charge is 0.497 e. The van der Waals surface area contributed by atoms with Gasteiger partial charge in [-0.05, 0) is 74.0 Å². The Morgan fingerprint density at radius 3 is 1.69 bits per heavy atom. The van der Waals surface area contributed by atoms with E-state index in [1.54, 1.807) is 55.6 Å². The summed E-state index contributed by atoms with van der Waals surface area (Å²) in [5.74, 6) is 1.93. The molecule has 4 aromatic carbocycles. The van der Waals surface area contributed by atoms with Crippen LogP contribution in [0.25, 0.3) is 11.1 Å². The second-order valence-electron chi connectivity index (χ2n) is 7.62. The summed E-state index contributed by atoms with van der Waals surface area (Å²) in [4.78, 5) is 0.496. The predicted molar refractivity (Wildman–Crippen MR) is 126 cm³/mol. The number of rotatable bonds is 6. The molecule has 32 heavy (non-hydrogen) atoms. The fourth-order valence-corrected chi connectivity index (χ4v) is 4.61. The van der Waals surface area contributed by atoms with E-state index in [0.717, 1.165) is 22.4 Å². The Hall–Kier alpha value is -3.57. The molecule has 0 radical (unpaired) electrons. The van der Waals surface area contributed by atoms with Gasteiger partial charge in [0.05, 0.1) is 16.9 Å². The third-order valence-corrected chi connectivity index (χ3v) is 7.03. The molecule has 0 heterocycles. The van der Waals surface area contributed by atoms with Crippen molar-refractivity contribution in [1.29, 1.82) is 0 Å². The number of ether oxygens (including phenoxy) is 2. The maximum Gasteiger partial charge on any atom is 0.206 e. The standard InChI is InChI=1S/C27H24O4S/c1-19-4-8-21(9-5-19)26-18-23(30-3)12-17-27(26)31-22-10-15-25(16-11-22)32(28,29)24-13-6-20(2)7-14-24/h4-18H,1-3H3. The average molecular weight is 445 g/mol. The van der Waals surface area contributed by atoms with Crippen molar-refractivity contribution in [2.45, 2.75) is 23.6 Å². The Kier molecular flexibility index (Phi) is 6.01. The van der Waals surface area contributed by atoms with E-state index in [4.69, 9.17) is 9.47 Å². The van der Waals surface area contributed by atoms with Crippen LogP contribution in [0.2, 0.25) is 0 Å². The molecular weight excluding hydrogens is 420 g/mol. The number of hydrogen-bond acceptors (Lipinski definition) is 4. The van der Waals surface area contributed by atoms with Crippen molar-refractivity contribution in [1.82, 2.24) is 0 Å². The second-order valence-corrected chi connectivity index (χ2v) is 9.57. The summed E-state index contributed by atoms with van der Waals surface area (Å²) in [5, 5.41) is 0. The third-order valence-electron chi connectivity index (χ3n) is 5.24. The highest BCUT2D eigenvalue weighted by molar-refractivity contribution is 7.91. The van der Waals surface area contributed by atoms with Crippen LogP contribution in [0.5, 0.6) is 17.2 Å². The summed E-state index contributed by atoms with van der Waals surface area (Å²) in [6.07, 6.45) is 0. The number of methoxy groups -OCH3 is 1. The highest BCUT2D eigenvalue weighted by atomic mass is 32.2. The number of benzene rings is 4. The Morgan fingerprint density at radius 2 is 1.12 bits per heavy atom. The molecule has 0 aliphatic heterocycles. The average Bonchev–Trinajstić information content (AvgIpc) is 2.80. The summed E-state index contributed by atoms with van der Waals surface area (Å²) >= 11 is 0. The number of hydrogen-bond donors (Lipinski definition) is 0. The minimum atomic E-state index is -3.58. The SMILES string of the molecule is COc1ccc(Oc2ccc(S(=O)(=O)c3ccc(C)cc3)cc2)c(-c2ccc(C)cc2)c1. The Bertz CT molecular complexity index is 1320. The molecule has 0 saturated heterocycles. The molecule has 4 rings (SSSR count). The zero-order chi connectivity index (χ0) is 22.7. The van der Waals surface area contributed by atoms with Crippen LogP contribution < -0.4 is 9.47 Å². The molecule has 0 unspecified atom stereocenters. The zero-order valence-electron chi connectivity index (χ0n) is 18.2. The molecule has 4 aromatic rings. The van der Waals surface area contributed by atoms with Gasteiger partial charge in [0.1, 0.15) is 17.2 Å². The van der Waals surface area contributed by atoms with Gasteiger partial charge in [-0.1, -0.05) is 47.5 Å². The van der Waals surface area contributed by atoms with Crippen LogP contribution in [0, 0.1) is 13.8 Å². The van der Waals surface area contributed by atoms with Gasteiger partial charge in [-0.2, -0.15) is 0 Å². The lowest BCUT2D eigenvalue weighted by atomic mass is 10.0. The highest BCUT2D eigenvalue weighted by Gasteiger charge is 2.18. The fraction of sp³-hybridized carbons (Fsp3) is 0.111. The first-order valence-corrected chi connectivity index (χ1v) is 11.7. The smallest absolute Gasteiger partial charge is 0.206 e. The molecule has 0 aromatic heterocycles. The molecule has 0 saturated carbocycles. The van der Waals surface area contributed by atoms with Gasteiger partial charge < -0.3 is 9.47 Å².